The lowest BCUT2D eigenvalue weighted by atomic mass is 10.1. The number of hydrogen-bond donors (Lipinski definition) is 0. The first-order valence-electron chi connectivity index (χ1n) is 6.22. The van der Waals surface area contributed by atoms with Gasteiger partial charge in [0.15, 0.2) is 0 Å². The summed E-state index contributed by atoms with van der Waals surface area (Å²) >= 11 is -0.906. The maximum Gasteiger partial charge on any atom is 0.226 e. The molecule has 0 heterocycles. The maximum atomic E-state index is 12.2. The molecule has 18 heavy (non-hydrogen) atoms. The molecule has 0 saturated carbocycles. The molecule has 4 heteroatoms. The van der Waals surface area contributed by atoms with Crippen LogP contribution in [0.5, 0.6) is 0 Å². The largest absolute Gasteiger partial charge is 0.616 e. The molecule has 3 nitrogen and oxygen atoms in total. The third-order valence-electron chi connectivity index (χ3n) is 3.40. The minimum absolute atomic E-state index is 0.0545. The van der Waals surface area contributed by atoms with Crippen molar-refractivity contribution >= 4 is 17.1 Å². The van der Waals surface area contributed by atoms with Crippen molar-refractivity contribution in [2.75, 3.05) is 19.8 Å². The van der Waals surface area contributed by atoms with Crippen LogP contribution in [-0.4, -0.2) is 40.5 Å². The van der Waals surface area contributed by atoms with E-state index in [1.54, 1.807) is 19.0 Å². The molecule has 0 saturated heterocycles. The van der Waals surface area contributed by atoms with E-state index in [9.17, 15) is 9.35 Å². The zero-order chi connectivity index (χ0) is 13.1. The molecule has 98 valence electrons. The molecule has 1 aromatic carbocycles. The van der Waals surface area contributed by atoms with E-state index in [-0.39, 0.29) is 11.2 Å². The molecule has 0 unspecified atom stereocenters. The van der Waals surface area contributed by atoms with Crippen LogP contribution >= 0.6 is 0 Å². The van der Waals surface area contributed by atoms with Crippen LogP contribution in [0.1, 0.15) is 17.5 Å². The van der Waals surface area contributed by atoms with Crippen molar-refractivity contribution in [3.05, 3.63) is 35.4 Å². The van der Waals surface area contributed by atoms with Crippen LogP contribution in [0, 0.1) is 0 Å². The number of hydrogen-bond acceptors (Lipinski definition) is 2. The Morgan fingerprint density at radius 1 is 1.33 bits per heavy atom. The number of carbonyl (C=O) groups excluding carboxylic acids is 1. The molecule has 1 amide bonds. The van der Waals surface area contributed by atoms with Crippen LogP contribution in [0.4, 0.5) is 0 Å². The molecule has 0 spiro atoms. The highest BCUT2D eigenvalue weighted by Gasteiger charge is 2.30. The zero-order valence-corrected chi connectivity index (χ0v) is 11.7. The number of fused-ring (bicyclic) bond motifs is 1. The average Bonchev–Trinajstić information content (AvgIpc) is 2.79. The SMILES string of the molecule is CN(C)C(=O)CC[S@+]([O-])C1Cc2ccccc2C1. The van der Waals surface area contributed by atoms with Gasteiger partial charge >= 0.3 is 0 Å². The first-order chi connectivity index (χ1) is 8.58. The molecule has 1 aliphatic rings. The lowest BCUT2D eigenvalue weighted by Gasteiger charge is -2.18. The molecule has 0 aromatic heterocycles. The van der Waals surface area contributed by atoms with Gasteiger partial charge in [0, 0.05) is 26.9 Å². The first-order valence-corrected chi connectivity index (χ1v) is 7.60. The second kappa shape index (κ2) is 5.76. The maximum absolute atomic E-state index is 12.2. The Hall–Kier alpha value is -1.00. The Morgan fingerprint density at radius 3 is 2.39 bits per heavy atom. The molecular weight excluding hydrogens is 246 g/mol. The third kappa shape index (κ3) is 3.06. The molecule has 0 bridgehead atoms. The van der Waals surface area contributed by atoms with Crippen LogP contribution in [0.3, 0.4) is 0 Å². The number of benzene rings is 1. The van der Waals surface area contributed by atoms with E-state index in [1.807, 2.05) is 12.1 Å². The first kappa shape index (κ1) is 13.4. The zero-order valence-electron chi connectivity index (χ0n) is 10.9. The van der Waals surface area contributed by atoms with E-state index >= 15 is 0 Å². The quantitative estimate of drug-likeness (QED) is 0.772. The fourth-order valence-electron chi connectivity index (χ4n) is 2.28. The van der Waals surface area contributed by atoms with Crippen molar-refractivity contribution in [2.24, 2.45) is 0 Å². The second-order valence-electron chi connectivity index (χ2n) is 4.92. The van der Waals surface area contributed by atoms with E-state index in [0.717, 1.165) is 12.8 Å². The Balaban J connectivity index is 1.86. The molecule has 1 aromatic rings. The van der Waals surface area contributed by atoms with Crippen molar-refractivity contribution in [1.82, 2.24) is 4.90 Å². The minimum atomic E-state index is -0.906. The van der Waals surface area contributed by atoms with Crippen LogP contribution in [-0.2, 0) is 28.8 Å². The summed E-state index contributed by atoms with van der Waals surface area (Å²) < 4.78 is 12.2. The van der Waals surface area contributed by atoms with Gasteiger partial charge in [-0.1, -0.05) is 24.3 Å². The Labute approximate surface area is 111 Å². The lowest BCUT2D eigenvalue weighted by Crippen LogP contribution is -2.29. The number of carbonyl (C=O) groups is 1. The van der Waals surface area contributed by atoms with Gasteiger partial charge in [0.2, 0.25) is 5.91 Å². The summed E-state index contributed by atoms with van der Waals surface area (Å²) in [4.78, 5) is 13.0. The number of nitrogens with zero attached hydrogens (tertiary/aromatic N) is 1. The summed E-state index contributed by atoms with van der Waals surface area (Å²) in [6.45, 7) is 0. The Bertz CT molecular complexity index is 409. The Kier molecular flexibility index (Phi) is 4.30. The summed E-state index contributed by atoms with van der Waals surface area (Å²) in [5, 5.41) is 0.192. The Morgan fingerprint density at radius 2 is 1.89 bits per heavy atom. The van der Waals surface area contributed by atoms with Gasteiger partial charge in [0.25, 0.3) is 0 Å². The smallest absolute Gasteiger partial charge is 0.226 e. The normalized spacial score (nSPS) is 16.4. The summed E-state index contributed by atoms with van der Waals surface area (Å²) in [6, 6.07) is 8.27. The fourth-order valence-corrected chi connectivity index (χ4v) is 3.72. The van der Waals surface area contributed by atoms with Crippen LogP contribution in [0.15, 0.2) is 24.3 Å². The highest BCUT2D eigenvalue weighted by atomic mass is 32.2. The average molecular weight is 265 g/mol. The van der Waals surface area contributed by atoms with Crippen molar-refractivity contribution < 1.29 is 9.35 Å². The van der Waals surface area contributed by atoms with E-state index in [0.29, 0.717) is 12.2 Å². The summed E-state index contributed by atoms with van der Waals surface area (Å²) in [6.07, 6.45) is 2.16. The molecule has 0 radical (unpaired) electrons. The van der Waals surface area contributed by atoms with Gasteiger partial charge in [-0.15, -0.1) is 0 Å². The molecule has 0 N–H and O–H groups in total. The molecule has 1 atom stereocenters. The summed E-state index contributed by atoms with van der Waals surface area (Å²) in [5.41, 5.74) is 2.63. The van der Waals surface area contributed by atoms with E-state index < -0.39 is 11.2 Å². The van der Waals surface area contributed by atoms with Gasteiger partial charge in [0.1, 0.15) is 11.0 Å². The van der Waals surface area contributed by atoms with Gasteiger partial charge < -0.3 is 9.45 Å². The number of amides is 1. The van der Waals surface area contributed by atoms with Gasteiger partial charge in [-0.05, 0) is 22.3 Å². The van der Waals surface area contributed by atoms with Crippen molar-refractivity contribution in [2.45, 2.75) is 24.5 Å². The standard InChI is InChI=1S/C14H19NO2S/c1-15(2)14(16)7-8-18(17)13-9-11-5-3-4-6-12(11)10-13/h3-6,13H,7-10H2,1-2H3/t18-/m0/s1. The van der Waals surface area contributed by atoms with Crippen molar-refractivity contribution in [1.29, 1.82) is 0 Å². The van der Waals surface area contributed by atoms with Gasteiger partial charge in [-0.3, -0.25) is 4.79 Å². The molecular formula is C14H19NO2S. The number of rotatable bonds is 4. The van der Waals surface area contributed by atoms with Crippen LogP contribution < -0.4 is 0 Å². The second-order valence-corrected chi connectivity index (χ2v) is 6.76. The monoisotopic (exact) mass is 265 g/mol. The van der Waals surface area contributed by atoms with Crippen LogP contribution in [0.2, 0.25) is 0 Å². The van der Waals surface area contributed by atoms with E-state index in [2.05, 4.69) is 12.1 Å². The fraction of sp³-hybridized carbons (Fsp3) is 0.500. The summed E-state index contributed by atoms with van der Waals surface area (Å²) in [7, 11) is 3.47. The van der Waals surface area contributed by atoms with E-state index in [4.69, 9.17) is 0 Å². The molecule has 1 aliphatic carbocycles. The molecule has 2 rings (SSSR count). The van der Waals surface area contributed by atoms with Gasteiger partial charge in [0.05, 0.1) is 6.42 Å². The molecule has 0 fully saturated rings. The topological polar surface area (TPSA) is 43.4 Å². The predicted molar refractivity (Wildman–Crippen MR) is 74.0 cm³/mol. The third-order valence-corrected chi connectivity index (χ3v) is 5.08. The predicted octanol–water partition coefficient (Wildman–Crippen LogP) is 1.38. The van der Waals surface area contributed by atoms with Gasteiger partial charge in [-0.25, -0.2) is 0 Å². The summed E-state index contributed by atoms with van der Waals surface area (Å²) in [5.74, 6) is 0.536. The molecule has 0 aliphatic heterocycles. The van der Waals surface area contributed by atoms with Gasteiger partial charge in [-0.2, -0.15) is 0 Å². The van der Waals surface area contributed by atoms with E-state index in [1.165, 1.54) is 11.1 Å². The van der Waals surface area contributed by atoms with Crippen molar-refractivity contribution in [3.63, 3.8) is 0 Å². The van der Waals surface area contributed by atoms with Crippen molar-refractivity contribution in [3.8, 4) is 0 Å². The highest BCUT2D eigenvalue weighted by Crippen LogP contribution is 2.26. The van der Waals surface area contributed by atoms with Crippen LogP contribution in [0.25, 0.3) is 0 Å². The lowest BCUT2D eigenvalue weighted by molar-refractivity contribution is -0.128. The highest BCUT2D eigenvalue weighted by molar-refractivity contribution is 7.92. The minimum Gasteiger partial charge on any atom is -0.616 e.